The first-order valence-corrected chi connectivity index (χ1v) is 6.84. The Kier molecular flexibility index (Phi) is 3.67. The Morgan fingerprint density at radius 3 is 2.65 bits per heavy atom. The molecule has 1 fully saturated rings. The molecule has 0 spiro atoms. The average molecular weight is 271 g/mol. The monoisotopic (exact) mass is 271 g/mol. The minimum absolute atomic E-state index is 0.0387. The van der Waals surface area contributed by atoms with Gasteiger partial charge in [-0.2, -0.15) is 0 Å². The molecule has 104 valence electrons. The Labute approximate surface area is 117 Å². The molecule has 5 heteroatoms. The van der Waals surface area contributed by atoms with Crippen LogP contribution in [0.3, 0.4) is 0 Å². The Hall–Kier alpha value is -2.30. The van der Waals surface area contributed by atoms with E-state index in [0.29, 0.717) is 5.88 Å². The van der Waals surface area contributed by atoms with Crippen LogP contribution in [-0.2, 0) is 4.79 Å². The summed E-state index contributed by atoms with van der Waals surface area (Å²) in [6.45, 7) is 1.76. The number of ether oxygens (including phenoxy) is 1. The van der Waals surface area contributed by atoms with Crippen molar-refractivity contribution >= 4 is 5.91 Å². The number of hydrogen-bond donors (Lipinski definition) is 0. The lowest BCUT2D eigenvalue weighted by molar-refractivity contribution is -0.132. The lowest BCUT2D eigenvalue weighted by Gasteiger charge is -2.14. The van der Waals surface area contributed by atoms with Crippen molar-refractivity contribution < 1.29 is 9.53 Å². The lowest BCUT2D eigenvalue weighted by Crippen LogP contribution is -2.32. The van der Waals surface area contributed by atoms with Gasteiger partial charge in [0, 0.05) is 25.4 Å². The first kappa shape index (κ1) is 12.7. The molecular formula is C15H17N3O2. The summed E-state index contributed by atoms with van der Waals surface area (Å²) in [5.41, 5.74) is 0.966. The van der Waals surface area contributed by atoms with Crippen LogP contribution in [0.1, 0.15) is 12.8 Å². The molecule has 3 rings (SSSR count). The zero-order valence-corrected chi connectivity index (χ0v) is 11.2. The van der Waals surface area contributed by atoms with E-state index in [1.807, 2.05) is 41.4 Å². The molecule has 2 heterocycles. The van der Waals surface area contributed by atoms with E-state index >= 15 is 0 Å². The zero-order chi connectivity index (χ0) is 13.8. The number of nitrogens with zero attached hydrogens (tertiary/aromatic N) is 3. The van der Waals surface area contributed by atoms with Crippen LogP contribution in [0.4, 0.5) is 0 Å². The van der Waals surface area contributed by atoms with Gasteiger partial charge in [0.2, 0.25) is 5.88 Å². The van der Waals surface area contributed by atoms with E-state index in [2.05, 4.69) is 5.10 Å². The Bertz CT molecular complexity index is 574. The fraction of sp³-hybridized carbons (Fsp3) is 0.333. The van der Waals surface area contributed by atoms with Crippen LogP contribution in [0.25, 0.3) is 5.69 Å². The second kappa shape index (κ2) is 5.77. The highest BCUT2D eigenvalue weighted by Crippen LogP contribution is 2.12. The van der Waals surface area contributed by atoms with Crippen molar-refractivity contribution in [3.8, 4) is 11.6 Å². The fourth-order valence-electron chi connectivity index (χ4n) is 2.30. The summed E-state index contributed by atoms with van der Waals surface area (Å²) >= 11 is 0. The van der Waals surface area contributed by atoms with Gasteiger partial charge in [0.05, 0.1) is 5.69 Å². The highest BCUT2D eigenvalue weighted by atomic mass is 16.5. The molecule has 1 saturated heterocycles. The van der Waals surface area contributed by atoms with E-state index < -0.39 is 0 Å². The lowest BCUT2D eigenvalue weighted by atomic mass is 10.3. The van der Waals surface area contributed by atoms with Gasteiger partial charge in [0.15, 0.2) is 6.61 Å². The number of likely N-dealkylation sites (tertiary alicyclic amines) is 1. The SMILES string of the molecule is O=C(COc1ccn(-c2ccccc2)n1)N1CCCC1. The molecular weight excluding hydrogens is 254 g/mol. The van der Waals surface area contributed by atoms with Crippen LogP contribution in [0.5, 0.6) is 5.88 Å². The third-order valence-corrected chi connectivity index (χ3v) is 3.39. The van der Waals surface area contributed by atoms with E-state index in [4.69, 9.17) is 4.74 Å². The first-order chi connectivity index (χ1) is 9.83. The standard InChI is InChI=1S/C15H17N3O2/c19-15(17-9-4-5-10-17)12-20-14-8-11-18(16-14)13-6-2-1-3-7-13/h1-3,6-8,11H,4-5,9-10,12H2. The van der Waals surface area contributed by atoms with Gasteiger partial charge in [-0.25, -0.2) is 4.68 Å². The van der Waals surface area contributed by atoms with Gasteiger partial charge >= 0.3 is 0 Å². The van der Waals surface area contributed by atoms with Crippen molar-refractivity contribution in [2.45, 2.75) is 12.8 Å². The third-order valence-electron chi connectivity index (χ3n) is 3.39. The summed E-state index contributed by atoms with van der Waals surface area (Å²) < 4.78 is 7.19. The van der Waals surface area contributed by atoms with E-state index in [0.717, 1.165) is 31.6 Å². The molecule has 1 amide bonds. The van der Waals surface area contributed by atoms with Crippen LogP contribution in [-0.4, -0.2) is 40.3 Å². The van der Waals surface area contributed by atoms with Gasteiger partial charge in [-0.05, 0) is 25.0 Å². The molecule has 0 N–H and O–H groups in total. The van der Waals surface area contributed by atoms with Crippen LogP contribution in [0.15, 0.2) is 42.6 Å². The van der Waals surface area contributed by atoms with Crippen LogP contribution < -0.4 is 4.74 Å². The van der Waals surface area contributed by atoms with Crippen molar-refractivity contribution in [2.24, 2.45) is 0 Å². The van der Waals surface area contributed by atoms with Crippen molar-refractivity contribution in [2.75, 3.05) is 19.7 Å². The molecule has 0 atom stereocenters. The molecule has 1 aromatic carbocycles. The summed E-state index contributed by atoms with van der Waals surface area (Å²) in [5.74, 6) is 0.512. The van der Waals surface area contributed by atoms with Gasteiger partial charge in [-0.15, -0.1) is 5.10 Å². The fourth-order valence-corrected chi connectivity index (χ4v) is 2.30. The molecule has 0 bridgehead atoms. The van der Waals surface area contributed by atoms with Crippen molar-refractivity contribution in [3.05, 3.63) is 42.6 Å². The molecule has 5 nitrogen and oxygen atoms in total. The number of hydrogen-bond acceptors (Lipinski definition) is 3. The highest BCUT2D eigenvalue weighted by molar-refractivity contribution is 5.77. The number of carbonyl (C=O) groups is 1. The Balaban J connectivity index is 1.59. The quantitative estimate of drug-likeness (QED) is 0.853. The summed E-state index contributed by atoms with van der Waals surface area (Å²) in [6.07, 6.45) is 4.01. The molecule has 0 saturated carbocycles. The predicted molar refractivity (Wildman–Crippen MR) is 74.9 cm³/mol. The summed E-state index contributed by atoms with van der Waals surface area (Å²) in [4.78, 5) is 13.7. The van der Waals surface area contributed by atoms with Gasteiger partial charge in [-0.1, -0.05) is 18.2 Å². The maximum Gasteiger partial charge on any atom is 0.260 e. The van der Waals surface area contributed by atoms with Crippen molar-refractivity contribution in [1.29, 1.82) is 0 Å². The maximum absolute atomic E-state index is 11.9. The van der Waals surface area contributed by atoms with Crippen molar-refractivity contribution in [1.82, 2.24) is 14.7 Å². The molecule has 0 aliphatic carbocycles. The Morgan fingerprint density at radius 2 is 1.90 bits per heavy atom. The minimum Gasteiger partial charge on any atom is -0.466 e. The number of amides is 1. The van der Waals surface area contributed by atoms with Crippen LogP contribution in [0, 0.1) is 0 Å². The summed E-state index contributed by atoms with van der Waals surface area (Å²) in [5, 5.41) is 4.30. The predicted octanol–water partition coefficient (Wildman–Crippen LogP) is 1.87. The van der Waals surface area contributed by atoms with Gasteiger partial charge in [-0.3, -0.25) is 4.79 Å². The van der Waals surface area contributed by atoms with Crippen LogP contribution >= 0.6 is 0 Å². The molecule has 0 radical (unpaired) electrons. The van der Waals surface area contributed by atoms with Crippen LogP contribution in [0.2, 0.25) is 0 Å². The normalized spacial score (nSPS) is 14.5. The number of aromatic nitrogens is 2. The number of para-hydroxylation sites is 1. The molecule has 1 aliphatic heterocycles. The molecule has 1 aliphatic rings. The molecule has 0 unspecified atom stereocenters. The molecule has 2 aromatic rings. The molecule has 20 heavy (non-hydrogen) atoms. The van der Waals surface area contributed by atoms with Gasteiger partial charge < -0.3 is 9.64 Å². The maximum atomic E-state index is 11.9. The third kappa shape index (κ3) is 2.82. The van der Waals surface area contributed by atoms with E-state index in [1.54, 1.807) is 10.7 Å². The van der Waals surface area contributed by atoms with Gasteiger partial charge in [0.1, 0.15) is 0 Å². The summed E-state index contributed by atoms with van der Waals surface area (Å²) in [7, 11) is 0. The van der Waals surface area contributed by atoms with E-state index in [1.165, 1.54) is 0 Å². The number of carbonyl (C=O) groups excluding carboxylic acids is 1. The largest absolute Gasteiger partial charge is 0.466 e. The number of rotatable bonds is 4. The summed E-state index contributed by atoms with van der Waals surface area (Å²) in [6, 6.07) is 11.6. The van der Waals surface area contributed by atoms with E-state index in [9.17, 15) is 4.79 Å². The van der Waals surface area contributed by atoms with E-state index in [-0.39, 0.29) is 12.5 Å². The van der Waals surface area contributed by atoms with Crippen molar-refractivity contribution in [3.63, 3.8) is 0 Å². The zero-order valence-electron chi connectivity index (χ0n) is 11.2. The molecule has 1 aromatic heterocycles. The number of benzene rings is 1. The van der Waals surface area contributed by atoms with Gasteiger partial charge in [0.25, 0.3) is 5.91 Å². The smallest absolute Gasteiger partial charge is 0.260 e. The highest BCUT2D eigenvalue weighted by Gasteiger charge is 2.18. The second-order valence-corrected chi connectivity index (χ2v) is 4.81. The first-order valence-electron chi connectivity index (χ1n) is 6.84. The second-order valence-electron chi connectivity index (χ2n) is 4.81. The topological polar surface area (TPSA) is 47.4 Å². The Morgan fingerprint density at radius 1 is 1.15 bits per heavy atom. The minimum atomic E-state index is 0.0387. The average Bonchev–Trinajstić information content (AvgIpc) is 3.17.